The van der Waals surface area contributed by atoms with Crippen LogP contribution in [-0.4, -0.2) is 22.8 Å². The number of hydrogen-bond acceptors (Lipinski definition) is 3. The van der Waals surface area contributed by atoms with Gasteiger partial charge in [0.05, 0.1) is 12.5 Å². The third kappa shape index (κ3) is 6.04. The minimum absolute atomic E-state index is 0.234. The molecule has 1 amide bonds. The molecule has 0 radical (unpaired) electrons. The Hall–Kier alpha value is -1.75. The van der Waals surface area contributed by atoms with Gasteiger partial charge in [-0.1, -0.05) is 17.7 Å². The first kappa shape index (κ1) is 17.3. The number of aliphatic carboxylic acids is 1. The van der Waals surface area contributed by atoms with Crippen molar-refractivity contribution in [2.24, 2.45) is 0 Å². The minimum Gasteiger partial charge on any atom is -0.481 e. The Kier molecular flexibility index (Phi) is 5.61. The predicted octanol–water partition coefficient (Wildman–Crippen LogP) is 3.69. The molecule has 1 atom stereocenters. The van der Waals surface area contributed by atoms with Crippen LogP contribution < -0.4 is 5.32 Å². The Morgan fingerprint density at radius 3 is 2.48 bits per heavy atom. The fraction of sp³-hybridized carbons (Fsp3) is 0.467. The summed E-state index contributed by atoms with van der Waals surface area (Å²) in [6.45, 7) is 7.04. The van der Waals surface area contributed by atoms with Crippen molar-refractivity contribution < 1.29 is 19.4 Å². The minimum atomic E-state index is -1.01. The number of ether oxygens (including phenoxy) is 1. The smallest absolute Gasteiger partial charge is 0.408 e. The first-order valence-corrected chi connectivity index (χ1v) is 6.93. The molecule has 116 valence electrons. The van der Waals surface area contributed by atoms with E-state index in [-0.39, 0.29) is 6.42 Å². The summed E-state index contributed by atoms with van der Waals surface area (Å²) in [6, 6.07) is 4.43. The second-order valence-corrected chi connectivity index (χ2v) is 6.23. The Labute approximate surface area is 129 Å². The van der Waals surface area contributed by atoms with Gasteiger partial charge in [0.1, 0.15) is 5.60 Å². The second kappa shape index (κ2) is 6.80. The molecule has 0 aliphatic heterocycles. The van der Waals surface area contributed by atoms with Gasteiger partial charge in [0.2, 0.25) is 0 Å². The van der Waals surface area contributed by atoms with Gasteiger partial charge in [0.15, 0.2) is 0 Å². The summed E-state index contributed by atoms with van der Waals surface area (Å²) in [5.74, 6) is -1.01. The molecular formula is C15H20ClNO4. The van der Waals surface area contributed by atoms with E-state index in [2.05, 4.69) is 5.32 Å². The Morgan fingerprint density at radius 1 is 1.38 bits per heavy atom. The fourth-order valence-corrected chi connectivity index (χ4v) is 2.12. The number of rotatable bonds is 4. The third-order valence-electron chi connectivity index (χ3n) is 2.68. The maximum atomic E-state index is 11.8. The summed E-state index contributed by atoms with van der Waals surface area (Å²) >= 11 is 5.89. The molecule has 0 heterocycles. The van der Waals surface area contributed by atoms with E-state index in [9.17, 15) is 9.59 Å². The van der Waals surface area contributed by atoms with Crippen LogP contribution in [0, 0.1) is 6.92 Å². The Balaban J connectivity index is 2.95. The van der Waals surface area contributed by atoms with Crippen LogP contribution in [-0.2, 0) is 9.53 Å². The topological polar surface area (TPSA) is 75.6 Å². The average Bonchev–Trinajstić information content (AvgIpc) is 2.24. The van der Waals surface area contributed by atoms with Crippen LogP contribution in [0.3, 0.4) is 0 Å². The van der Waals surface area contributed by atoms with Gasteiger partial charge in [-0.25, -0.2) is 4.79 Å². The monoisotopic (exact) mass is 313 g/mol. The van der Waals surface area contributed by atoms with Crippen LogP contribution in [0.15, 0.2) is 18.2 Å². The molecular weight excluding hydrogens is 294 g/mol. The second-order valence-electron chi connectivity index (χ2n) is 5.80. The van der Waals surface area contributed by atoms with Crippen LogP contribution in [0.5, 0.6) is 0 Å². The molecule has 1 aromatic carbocycles. The van der Waals surface area contributed by atoms with E-state index in [0.29, 0.717) is 10.6 Å². The number of aryl methyl sites for hydroxylation is 1. The summed E-state index contributed by atoms with van der Waals surface area (Å²) in [7, 11) is 0. The summed E-state index contributed by atoms with van der Waals surface area (Å²) in [5.41, 5.74) is 0.866. The number of alkyl carbamates (subject to hydrolysis) is 1. The van der Waals surface area contributed by atoms with Gasteiger partial charge in [-0.05, 0) is 51.0 Å². The van der Waals surface area contributed by atoms with Gasteiger partial charge in [-0.3, -0.25) is 4.79 Å². The number of halogens is 1. The Morgan fingerprint density at radius 2 is 2.00 bits per heavy atom. The van der Waals surface area contributed by atoms with Crippen LogP contribution in [0.4, 0.5) is 4.79 Å². The van der Waals surface area contributed by atoms with Crippen molar-refractivity contribution >= 4 is 23.7 Å². The molecule has 0 aliphatic carbocycles. The summed E-state index contributed by atoms with van der Waals surface area (Å²) in [6.07, 6.45) is -0.884. The van der Waals surface area contributed by atoms with Gasteiger partial charge in [0, 0.05) is 5.02 Å². The van der Waals surface area contributed by atoms with E-state index >= 15 is 0 Å². The molecule has 0 saturated carbocycles. The van der Waals surface area contributed by atoms with Crippen LogP contribution >= 0.6 is 11.6 Å². The van der Waals surface area contributed by atoms with Crippen molar-refractivity contribution in [3.63, 3.8) is 0 Å². The zero-order chi connectivity index (χ0) is 16.2. The lowest BCUT2D eigenvalue weighted by molar-refractivity contribution is -0.137. The van der Waals surface area contributed by atoms with E-state index in [0.717, 1.165) is 5.56 Å². The molecule has 2 N–H and O–H groups in total. The molecule has 0 fully saturated rings. The van der Waals surface area contributed by atoms with Gasteiger partial charge in [-0.15, -0.1) is 0 Å². The number of nitrogens with one attached hydrogen (secondary N) is 1. The molecule has 1 aromatic rings. The first-order valence-electron chi connectivity index (χ1n) is 6.56. The molecule has 1 unspecified atom stereocenters. The molecule has 0 bridgehead atoms. The highest BCUT2D eigenvalue weighted by molar-refractivity contribution is 6.30. The molecule has 6 heteroatoms. The molecule has 0 spiro atoms. The van der Waals surface area contributed by atoms with Crippen molar-refractivity contribution in [3.8, 4) is 0 Å². The number of carbonyl (C=O) groups excluding carboxylic acids is 1. The summed E-state index contributed by atoms with van der Waals surface area (Å²) < 4.78 is 5.17. The standard InChI is InChI=1S/C15H20ClNO4/c1-9-7-10(16)5-6-11(9)12(8-13(18)19)17-14(20)21-15(2,3)4/h5-7,12H,8H2,1-4H3,(H,17,20)(H,18,19). The first-order chi connectivity index (χ1) is 9.58. The largest absolute Gasteiger partial charge is 0.481 e. The van der Waals surface area contributed by atoms with Gasteiger partial charge >= 0.3 is 12.1 Å². The van der Waals surface area contributed by atoms with Crippen LogP contribution in [0.2, 0.25) is 5.02 Å². The van der Waals surface area contributed by atoms with E-state index in [1.54, 1.807) is 39.0 Å². The number of benzene rings is 1. The van der Waals surface area contributed by atoms with Crippen molar-refractivity contribution in [1.82, 2.24) is 5.32 Å². The molecule has 5 nitrogen and oxygen atoms in total. The van der Waals surface area contributed by atoms with Crippen molar-refractivity contribution in [3.05, 3.63) is 34.3 Å². The van der Waals surface area contributed by atoms with Gasteiger partial charge < -0.3 is 15.2 Å². The van der Waals surface area contributed by atoms with Crippen LogP contribution in [0.1, 0.15) is 44.4 Å². The molecule has 1 rings (SSSR count). The number of hydrogen-bond donors (Lipinski definition) is 2. The zero-order valence-corrected chi connectivity index (χ0v) is 13.3. The quantitative estimate of drug-likeness (QED) is 0.889. The van der Waals surface area contributed by atoms with Crippen molar-refractivity contribution in [2.75, 3.05) is 0 Å². The highest BCUT2D eigenvalue weighted by Crippen LogP contribution is 2.24. The predicted molar refractivity (Wildman–Crippen MR) is 80.6 cm³/mol. The SMILES string of the molecule is Cc1cc(Cl)ccc1C(CC(=O)O)NC(=O)OC(C)(C)C. The molecule has 0 aromatic heterocycles. The highest BCUT2D eigenvalue weighted by atomic mass is 35.5. The number of carboxylic acid groups (broad SMARTS) is 1. The maximum absolute atomic E-state index is 11.8. The van der Waals surface area contributed by atoms with Crippen molar-refractivity contribution in [1.29, 1.82) is 0 Å². The van der Waals surface area contributed by atoms with Gasteiger partial charge in [0.25, 0.3) is 0 Å². The lowest BCUT2D eigenvalue weighted by atomic mass is 9.99. The number of carboxylic acids is 1. The van der Waals surface area contributed by atoms with E-state index < -0.39 is 23.7 Å². The number of carbonyl (C=O) groups is 2. The summed E-state index contributed by atoms with van der Waals surface area (Å²) in [4.78, 5) is 22.9. The lowest BCUT2D eigenvalue weighted by Crippen LogP contribution is -2.36. The van der Waals surface area contributed by atoms with Crippen LogP contribution in [0.25, 0.3) is 0 Å². The molecule has 0 saturated heterocycles. The third-order valence-corrected chi connectivity index (χ3v) is 2.91. The molecule has 0 aliphatic rings. The Bertz CT molecular complexity index is 537. The fourth-order valence-electron chi connectivity index (χ4n) is 1.89. The molecule has 21 heavy (non-hydrogen) atoms. The number of amides is 1. The van der Waals surface area contributed by atoms with Gasteiger partial charge in [-0.2, -0.15) is 0 Å². The average molecular weight is 314 g/mol. The highest BCUT2D eigenvalue weighted by Gasteiger charge is 2.23. The summed E-state index contributed by atoms with van der Waals surface area (Å²) in [5, 5.41) is 12.2. The lowest BCUT2D eigenvalue weighted by Gasteiger charge is -2.24. The normalized spacial score (nSPS) is 12.6. The van der Waals surface area contributed by atoms with E-state index in [1.807, 2.05) is 6.92 Å². The maximum Gasteiger partial charge on any atom is 0.408 e. The van der Waals surface area contributed by atoms with E-state index in [4.69, 9.17) is 21.4 Å². The van der Waals surface area contributed by atoms with E-state index in [1.165, 1.54) is 0 Å². The zero-order valence-electron chi connectivity index (χ0n) is 12.6. The van der Waals surface area contributed by atoms with Crippen molar-refractivity contribution in [2.45, 2.75) is 45.8 Å².